The number of carbonyl (C=O) groups is 1. The van der Waals surface area contributed by atoms with Crippen molar-refractivity contribution in [3.8, 4) is 0 Å². The minimum absolute atomic E-state index is 0.428. The van der Waals surface area contributed by atoms with Crippen molar-refractivity contribution in [2.75, 3.05) is 13.7 Å². The van der Waals surface area contributed by atoms with Gasteiger partial charge in [0, 0.05) is 26.1 Å². The normalized spacial score (nSPS) is 17.3. The van der Waals surface area contributed by atoms with Gasteiger partial charge in [-0.2, -0.15) is 0 Å². The molecule has 0 saturated heterocycles. The van der Waals surface area contributed by atoms with Crippen LogP contribution in [0, 0.1) is 5.92 Å². The molecule has 0 radical (unpaired) electrons. The van der Waals surface area contributed by atoms with Crippen molar-refractivity contribution in [2.24, 2.45) is 5.92 Å². The van der Waals surface area contributed by atoms with E-state index in [1.54, 1.807) is 7.11 Å². The van der Waals surface area contributed by atoms with Crippen LogP contribution in [0.5, 0.6) is 0 Å². The van der Waals surface area contributed by atoms with Crippen LogP contribution in [0.1, 0.15) is 25.7 Å². The van der Waals surface area contributed by atoms with E-state index in [9.17, 15) is 4.79 Å². The number of ether oxygens (including phenoxy) is 1. The van der Waals surface area contributed by atoms with Crippen LogP contribution >= 0.6 is 0 Å². The molecule has 1 saturated carbocycles. The first kappa shape index (κ1) is 7.73. The Balaban J connectivity index is 1.95. The number of methoxy groups -OCH3 is 1. The van der Waals surface area contributed by atoms with E-state index in [-0.39, 0.29) is 0 Å². The number of rotatable bonds is 5. The molecule has 1 aliphatic carbocycles. The lowest BCUT2D eigenvalue weighted by Crippen LogP contribution is -2.01. The van der Waals surface area contributed by atoms with Crippen LogP contribution in [0.2, 0.25) is 0 Å². The van der Waals surface area contributed by atoms with Crippen LogP contribution in [0.25, 0.3) is 0 Å². The number of Topliss-reactive ketones (excluding diaryl/α,β-unsaturated/α-hetero) is 1. The zero-order valence-corrected chi connectivity index (χ0v) is 6.43. The summed E-state index contributed by atoms with van der Waals surface area (Å²) < 4.78 is 4.84. The SMILES string of the molecule is COCCCC(=O)C1CC1. The second-order valence-corrected chi connectivity index (χ2v) is 2.84. The lowest BCUT2D eigenvalue weighted by molar-refractivity contribution is -0.120. The van der Waals surface area contributed by atoms with E-state index in [1.165, 1.54) is 0 Å². The van der Waals surface area contributed by atoms with Gasteiger partial charge in [0.1, 0.15) is 5.78 Å². The fraction of sp³-hybridized carbons (Fsp3) is 0.875. The first-order chi connectivity index (χ1) is 4.84. The summed E-state index contributed by atoms with van der Waals surface area (Å²) in [6, 6.07) is 0. The van der Waals surface area contributed by atoms with E-state index in [0.29, 0.717) is 11.7 Å². The standard InChI is InChI=1S/C8H14O2/c1-10-6-2-3-8(9)7-4-5-7/h7H,2-6H2,1H3. The number of hydrogen-bond acceptors (Lipinski definition) is 2. The molecule has 58 valence electrons. The third kappa shape index (κ3) is 2.48. The van der Waals surface area contributed by atoms with E-state index in [0.717, 1.165) is 32.3 Å². The third-order valence-electron chi connectivity index (χ3n) is 1.80. The molecular weight excluding hydrogens is 128 g/mol. The molecule has 0 aromatic heterocycles. The smallest absolute Gasteiger partial charge is 0.136 e. The fourth-order valence-electron chi connectivity index (χ4n) is 1.00. The summed E-state index contributed by atoms with van der Waals surface area (Å²) in [7, 11) is 1.67. The van der Waals surface area contributed by atoms with Crippen molar-refractivity contribution in [3.63, 3.8) is 0 Å². The second-order valence-electron chi connectivity index (χ2n) is 2.84. The van der Waals surface area contributed by atoms with Gasteiger partial charge in [0.25, 0.3) is 0 Å². The lowest BCUT2D eigenvalue weighted by atomic mass is 10.1. The molecular formula is C8H14O2. The Kier molecular flexibility index (Phi) is 2.87. The van der Waals surface area contributed by atoms with Crippen LogP contribution in [0.3, 0.4) is 0 Å². The van der Waals surface area contributed by atoms with Gasteiger partial charge in [-0.3, -0.25) is 4.79 Å². The van der Waals surface area contributed by atoms with E-state index in [2.05, 4.69) is 0 Å². The van der Waals surface area contributed by atoms with Crippen LogP contribution < -0.4 is 0 Å². The number of hydrogen-bond donors (Lipinski definition) is 0. The molecule has 0 unspecified atom stereocenters. The van der Waals surface area contributed by atoms with E-state index >= 15 is 0 Å². The molecule has 1 fully saturated rings. The Morgan fingerprint density at radius 2 is 2.30 bits per heavy atom. The molecule has 2 nitrogen and oxygen atoms in total. The highest BCUT2D eigenvalue weighted by atomic mass is 16.5. The van der Waals surface area contributed by atoms with Gasteiger partial charge >= 0.3 is 0 Å². The van der Waals surface area contributed by atoms with Gasteiger partial charge in [0.05, 0.1) is 0 Å². The maximum atomic E-state index is 11.0. The Morgan fingerprint density at radius 1 is 1.60 bits per heavy atom. The molecule has 0 heterocycles. The highest BCUT2D eigenvalue weighted by molar-refractivity contribution is 5.83. The summed E-state index contributed by atoms with van der Waals surface area (Å²) in [5.74, 6) is 0.869. The van der Waals surface area contributed by atoms with Crippen LogP contribution in [0.4, 0.5) is 0 Å². The predicted octanol–water partition coefficient (Wildman–Crippen LogP) is 1.39. The molecule has 0 aromatic rings. The van der Waals surface area contributed by atoms with Gasteiger partial charge < -0.3 is 4.74 Å². The van der Waals surface area contributed by atoms with Crippen molar-refractivity contribution < 1.29 is 9.53 Å². The number of carbonyl (C=O) groups excluding carboxylic acids is 1. The molecule has 1 rings (SSSR count). The van der Waals surface area contributed by atoms with Gasteiger partial charge in [-0.15, -0.1) is 0 Å². The lowest BCUT2D eigenvalue weighted by Gasteiger charge is -1.96. The van der Waals surface area contributed by atoms with Crippen molar-refractivity contribution >= 4 is 5.78 Å². The van der Waals surface area contributed by atoms with Crippen molar-refractivity contribution in [1.82, 2.24) is 0 Å². The zero-order valence-electron chi connectivity index (χ0n) is 6.43. The molecule has 2 heteroatoms. The molecule has 0 N–H and O–H groups in total. The van der Waals surface area contributed by atoms with Crippen molar-refractivity contribution in [3.05, 3.63) is 0 Å². The van der Waals surface area contributed by atoms with Gasteiger partial charge in [-0.1, -0.05) is 0 Å². The van der Waals surface area contributed by atoms with Gasteiger partial charge in [-0.25, -0.2) is 0 Å². The average molecular weight is 142 g/mol. The van der Waals surface area contributed by atoms with E-state index < -0.39 is 0 Å². The van der Waals surface area contributed by atoms with Crippen molar-refractivity contribution in [1.29, 1.82) is 0 Å². The Hall–Kier alpha value is -0.370. The first-order valence-electron chi connectivity index (χ1n) is 3.86. The minimum Gasteiger partial charge on any atom is -0.385 e. The Labute approximate surface area is 61.6 Å². The maximum Gasteiger partial charge on any atom is 0.136 e. The predicted molar refractivity (Wildman–Crippen MR) is 38.8 cm³/mol. The van der Waals surface area contributed by atoms with E-state index in [4.69, 9.17) is 4.74 Å². The van der Waals surface area contributed by atoms with Crippen molar-refractivity contribution in [2.45, 2.75) is 25.7 Å². The minimum atomic E-state index is 0.428. The Bertz CT molecular complexity index is 116. The average Bonchev–Trinajstić information content (AvgIpc) is 2.69. The molecule has 0 bridgehead atoms. The third-order valence-corrected chi connectivity index (χ3v) is 1.80. The van der Waals surface area contributed by atoms with E-state index in [1.807, 2.05) is 0 Å². The summed E-state index contributed by atoms with van der Waals surface area (Å²) in [5, 5.41) is 0. The summed E-state index contributed by atoms with van der Waals surface area (Å²) in [6.07, 6.45) is 3.88. The molecule has 0 atom stereocenters. The fourth-order valence-corrected chi connectivity index (χ4v) is 1.00. The highest BCUT2D eigenvalue weighted by Gasteiger charge is 2.28. The summed E-state index contributed by atoms with van der Waals surface area (Å²) >= 11 is 0. The monoisotopic (exact) mass is 142 g/mol. The summed E-state index contributed by atoms with van der Waals surface area (Å²) in [5.41, 5.74) is 0. The summed E-state index contributed by atoms with van der Waals surface area (Å²) in [6.45, 7) is 0.721. The Morgan fingerprint density at radius 3 is 2.80 bits per heavy atom. The highest BCUT2D eigenvalue weighted by Crippen LogP contribution is 2.31. The molecule has 0 aliphatic heterocycles. The van der Waals surface area contributed by atoms with Gasteiger partial charge in [0.15, 0.2) is 0 Å². The first-order valence-corrected chi connectivity index (χ1v) is 3.86. The number of ketones is 1. The van der Waals surface area contributed by atoms with Gasteiger partial charge in [-0.05, 0) is 19.3 Å². The van der Waals surface area contributed by atoms with Gasteiger partial charge in [0.2, 0.25) is 0 Å². The second kappa shape index (κ2) is 3.71. The molecule has 0 spiro atoms. The zero-order chi connectivity index (χ0) is 7.40. The maximum absolute atomic E-state index is 11.0. The molecule has 0 amide bonds. The molecule has 10 heavy (non-hydrogen) atoms. The largest absolute Gasteiger partial charge is 0.385 e. The summed E-state index contributed by atoms with van der Waals surface area (Å²) in [4.78, 5) is 11.0. The quantitative estimate of drug-likeness (QED) is 0.542. The van der Waals surface area contributed by atoms with Crippen LogP contribution in [-0.4, -0.2) is 19.5 Å². The molecule has 1 aliphatic rings. The van der Waals surface area contributed by atoms with Crippen LogP contribution in [0.15, 0.2) is 0 Å². The topological polar surface area (TPSA) is 26.3 Å². The van der Waals surface area contributed by atoms with Crippen LogP contribution in [-0.2, 0) is 9.53 Å². The molecule has 0 aromatic carbocycles.